The molecule has 5 nitrogen and oxygen atoms in total. The Balaban J connectivity index is 1.87. The molecular formula is C17H13FN4O. The average Bonchev–Trinajstić information content (AvgIpc) is 3.04. The molecule has 0 spiro atoms. The second-order valence-electron chi connectivity index (χ2n) is 4.83. The van der Waals surface area contributed by atoms with Crippen LogP contribution >= 0.6 is 0 Å². The van der Waals surface area contributed by atoms with Gasteiger partial charge in [0.05, 0.1) is 23.0 Å². The fourth-order valence-corrected chi connectivity index (χ4v) is 2.09. The summed E-state index contributed by atoms with van der Waals surface area (Å²) in [5, 5.41) is 8.86. The van der Waals surface area contributed by atoms with Gasteiger partial charge in [-0.15, -0.1) is 0 Å². The first-order valence-electron chi connectivity index (χ1n) is 6.96. The number of halogens is 1. The Labute approximate surface area is 132 Å². The quantitative estimate of drug-likeness (QED) is 0.726. The molecule has 0 radical (unpaired) electrons. The molecular weight excluding hydrogens is 295 g/mol. The van der Waals surface area contributed by atoms with Crippen LogP contribution in [0.5, 0.6) is 6.01 Å². The molecule has 0 bridgehead atoms. The van der Waals surface area contributed by atoms with Gasteiger partial charge in [0.1, 0.15) is 13.3 Å². The highest BCUT2D eigenvalue weighted by molar-refractivity contribution is 5.41. The van der Waals surface area contributed by atoms with Crippen LogP contribution in [-0.2, 0) is 13.3 Å². The van der Waals surface area contributed by atoms with Gasteiger partial charge in [0.2, 0.25) is 0 Å². The second-order valence-corrected chi connectivity index (χ2v) is 4.83. The van der Waals surface area contributed by atoms with Crippen molar-refractivity contribution in [2.45, 2.75) is 13.3 Å². The molecule has 0 N–H and O–H groups in total. The van der Waals surface area contributed by atoms with Crippen molar-refractivity contribution < 1.29 is 9.13 Å². The highest BCUT2D eigenvalue weighted by Crippen LogP contribution is 2.20. The molecule has 3 aromatic rings. The number of hydrogen-bond acceptors (Lipinski definition) is 4. The van der Waals surface area contributed by atoms with Gasteiger partial charge in [0, 0.05) is 24.2 Å². The predicted octanol–water partition coefficient (Wildman–Crippen LogP) is 3.19. The Morgan fingerprint density at radius 2 is 2.04 bits per heavy atom. The van der Waals surface area contributed by atoms with Gasteiger partial charge >= 0.3 is 6.01 Å². The second kappa shape index (κ2) is 6.71. The van der Waals surface area contributed by atoms with Crippen molar-refractivity contribution in [3.8, 4) is 17.8 Å². The lowest BCUT2D eigenvalue weighted by Gasteiger charge is -2.09. The summed E-state index contributed by atoms with van der Waals surface area (Å²) in [6.45, 7) is -0.389. The lowest BCUT2D eigenvalue weighted by atomic mass is 10.2. The highest BCUT2D eigenvalue weighted by Gasteiger charge is 2.11. The van der Waals surface area contributed by atoms with Crippen molar-refractivity contribution in [2.75, 3.05) is 0 Å². The van der Waals surface area contributed by atoms with Crippen LogP contribution in [-0.4, -0.2) is 14.5 Å². The summed E-state index contributed by atoms with van der Waals surface area (Å²) >= 11 is 0. The van der Waals surface area contributed by atoms with Crippen LogP contribution in [0, 0.1) is 11.3 Å². The molecule has 2 aromatic heterocycles. The van der Waals surface area contributed by atoms with Crippen LogP contribution in [0.25, 0.3) is 5.69 Å². The first-order valence-corrected chi connectivity index (χ1v) is 6.96. The minimum absolute atomic E-state index is 0.285. The van der Waals surface area contributed by atoms with Gasteiger partial charge in [-0.1, -0.05) is 6.07 Å². The van der Waals surface area contributed by atoms with Crippen LogP contribution < -0.4 is 4.74 Å². The fourth-order valence-electron chi connectivity index (χ4n) is 2.09. The molecule has 0 amide bonds. The van der Waals surface area contributed by atoms with Gasteiger partial charge in [-0.05, 0) is 30.3 Å². The maximum Gasteiger partial charge on any atom is 0.301 e. The summed E-state index contributed by atoms with van der Waals surface area (Å²) in [6.07, 6.45) is 4.97. The van der Waals surface area contributed by atoms with E-state index in [1.807, 2.05) is 12.1 Å². The van der Waals surface area contributed by atoms with E-state index in [-0.39, 0.29) is 12.3 Å². The molecule has 2 heterocycles. The Kier molecular flexibility index (Phi) is 4.29. The van der Waals surface area contributed by atoms with Crippen molar-refractivity contribution in [3.63, 3.8) is 0 Å². The maximum absolute atomic E-state index is 12.9. The fraction of sp³-hybridized carbons (Fsp3) is 0.118. The number of alkyl halides is 1. The summed E-state index contributed by atoms with van der Waals surface area (Å²) in [7, 11) is 0. The molecule has 23 heavy (non-hydrogen) atoms. The highest BCUT2D eigenvalue weighted by atomic mass is 19.1. The molecule has 0 aliphatic rings. The van der Waals surface area contributed by atoms with E-state index >= 15 is 0 Å². The third-order valence-electron chi connectivity index (χ3n) is 3.23. The van der Waals surface area contributed by atoms with Gasteiger partial charge < -0.3 is 4.74 Å². The summed E-state index contributed by atoms with van der Waals surface area (Å²) in [5.41, 5.74) is 2.48. The molecule has 3 rings (SSSR count). The zero-order chi connectivity index (χ0) is 16.1. The van der Waals surface area contributed by atoms with Gasteiger partial charge in [-0.25, -0.2) is 4.39 Å². The first-order chi connectivity index (χ1) is 11.3. The van der Waals surface area contributed by atoms with Crippen molar-refractivity contribution >= 4 is 0 Å². The standard InChI is InChI=1S/C17H13FN4O/c18-8-15-11-22(16-5-3-13(9-19)4-6-16)17(21-15)23-12-14-2-1-7-20-10-14/h1-7,10-11H,8,12H2. The summed E-state index contributed by atoms with van der Waals surface area (Å²) in [5.74, 6) is 0. The Bertz CT molecular complexity index is 822. The van der Waals surface area contributed by atoms with E-state index in [9.17, 15) is 4.39 Å². The third kappa shape index (κ3) is 3.35. The molecule has 6 heteroatoms. The first kappa shape index (κ1) is 14.7. The number of hydrogen-bond donors (Lipinski definition) is 0. The molecule has 0 unspecified atom stereocenters. The molecule has 0 aliphatic carbocycles. The van der Waals surface area contributed by atoms with Crippen LogP contribution in [0.3, 0.4) is 0 Å². The van der Waals surface area contributed by atoms with Crippen molar-refractivity contribution in [3.05, 3.63) is 71.8 Å². The van der Waals surface area contributed by atoms with Crippen LogP contribution in [0.4, 0.5) is 4.39 Å². The van der Waals surface area contributed by atoms with Crippen LogP contribution in [0.15, 0.2) is 55.0 Å². The summed E-state index contributed by atoms with van der Waals surface area (Å²) < 4.78 is 20.3. The van der Waals surface area contributed by atoms with Crippen LogP contribution in [0.2, 0.25) is 0 Å². The number of rotatable bonds is 5. The normalized spacial score (nSPS) is 10.3. The van der Waals surface area contributed by atoms with E-state index in [1.165, 1.54) is 0 Å². The lowest BCUT2D eigenvalue weighted by Crippen LogP contribution is -2.02. The summed E-state index contributed by atoms with van der Waals surface area (Å²) in [4.78, 5) is 8.16. The van der Waals surface area contributed by atoms with Crippen molar-refractivity contribution in [1.82, 2.24) is 14.5 Å². The maximum atomic E-state index is 12.9. The molecule has 0 atom stereocenters. The van der Waals surface area contributed by atoms with Gasteiger partial charge in [0.25, 0.3) is 0 Å². The van der Waals surface area contributed by atoms with Crippen molar-refractivity contribution in [1.29, 1.82) is 5.26 Å². The minimum Gasteiger partial charge on any atom is -0.459 e. The zero-order valence-corrected chi connectivity index (χ0v) is 12.2. The molecule has 0 aliphatic heterocycles. The van der Waals surface area contributed by atoms with E-state index in [2.05, 4.69) is 16.0 Å². The SMILES string of the molecule is N#Cc1ccc(-n2cc(CF)nc2OCc2cccnc2)cc1. The van der Waals surface area contributed by atoms with Gasteiger partial charge in [-0.3, -0.25) is 9.55 Å². The minimum atomic E-state index is -0.674. The Hall–Kier alpha value is -3.20. The predicted molar refractivity (Wildman–Crippen MR) is 81.7 cm³/mol. The topological polar surface area (TPSA) is 63.7 Å². The number of ether oxygens (including phenoxy) is 1. The lowest BCUT2D eigenvalue weighted by molar-refractivity contribution is 0.275. The number of pyridine rings is 1. The molecule has 0 saturated carbocycles. The Morgan fingerprint density at radius 1 is 1.22 bits per heavy atom. The molecule has 1 aromatic carbocycles. The summed E-state index contributed by atoms with van der Waals surface area (Å²) in [6, 6.07) is 13.0. The average molecular weight is 308 g/mol. The molecule has 0 saturated heterocycles. The van der Waals surface area contributed by atoms with Crippen molar-refractivity contribution in [2.24, 2.45) is 0 Å². The van der Waals surface area contributed by atoms with E-state index in [4.69, 9.17) is 10.00 Å². The number of nitriles is 1. The molecule has 0 fully saturated rings. The largest absolute Gasteiger partial charge is 0.459 e. The Morgan fingerprint density at radius 3 is 2.70 bits per heavy atom. The van der Waals surface area contributed by atoms with E-state index in [1.54, 1.807) is 47.4 Å². The van der Waals surface area contributed by atoms with Gasteiger partial charge in [0.15, 0.2) is 0 Å². The number of aromatic nitrogens is 3. The smallest absolute Gasteiger partial charge is 0.301 e. The van der Waals surface area contributed by atoms with E-state index < -0.39 is 6.67 Å². The molecule has 114 valence electrons. The number of benzene rings is 1. The number of imidazole rings is 1. The van der Waals surface area contributed by atoms with E-state index in [0.717, 1.165) is 11.3 Å². The van der Waals surface area contributed by atoms with E-state index in [0.29, 0.717) is 11.6 Å². The monoisotopic (exact) mass is 308 g/mol. The zero-order valence-electron chi connectivity index (χ0n) is 12.2. The van der Waals surface area contributed by atoms with Crippen LogP contribution in [0.1, 0.15) is 16.8 Å². The third-order valence-corrected chi connectivity index (χ3v) is 3.23. The number of nitrogens with zero attached hydrogens (tertiary/aromatic N) is 4. The van der Waals surface area contributed by atoms with Gasteiger partial charge in [-0.2, -0.15) is 10.2 Å².